The van der Waals surface area contributed by atoms with Gasteiger partial charge >= 0.3 is 0 Å². The first-order chi connectivity index (χ1) is 7.36. The minimum absolute atomic E-state index is 0.324. The summed E-state index contributed by atoms with van der Waals surface area (Å²) in [5.41, 5.74) is 9.55. The van der Waals surface area contributed by atoms with Crippen molar-refractivity contribution in [3.8, 4) is 0 Å². The first kappa shape index (κ1) is 10.7. The summed E-state index contributed by atoms with van der Waals surface area (Å²) < 4.78 is 0. The number of carbonyl (C=O) groups excluding carboxylic acids is 1. The summed E-state index contributed by atoms with van der Waals surface area (Å²) in [5.74, 6) is 0. The molecule has 0 heterocycles. The van der Waals surface area contributed by atoms with E-state index in [0.29, 0.717) is 12.2 Å². The van der Waals surface area contributed by atoms with Crippen LogP contribution in [-0.4, -0.2) is 12.6 Å². The Morgan fingerprint density at radius 2 is 2.13 bits per heavy atom. The molecule has 0 aliphatic carbocycles. The number of aliphatic imine (C=N–C) groups is 1. The van der Waals surface area contributed by atoms with E-state index in [2.05, 4.69) is 15.0 Å². The van der Waals surface area contributed by atoms with E-state index >= 15 is 0 Å². The lowest BCUT2D eigenvalue weighted by Crippen LogP contribution is -1.72. The Morgan fingerprint density at radius 3 is 2.73 bits per heavy atom. The highest BCUT2D eigenvalue weighted by Gasteiger charge is 1.88. The standard InChI is InChI=1S/C10H8N4O/c11-14-13-7-1-2-9-3-5-10(6-4-9)12-8-15/h1-6H,7H2. The van der Waals surface area contributed by atoms with Crippen molar-refractivity contribution in [2.75, 3.05) is 6.54 Å². The van der Waals surface area contributed by atoms with Gasteiger partial charge in [-0.3, -0.25) is 0 Å². The minimum atomic E-state index is 0.324. The van der Waals surface area contributed by atoms with Crippen LogP contribution in [0.4, 0.5) is 5.69 Å². The zero-order valence-electron chi connectivity index (χ0n) is 7.87. The highest BCUT2D eigenvalue weighted by Crippen LogP contribution is 2.12. The van der Waals surface area contributed by atoms with Crippen LogP contribution < -0.4 is 0 Å². The molecule has 0 aliphatic heterocycles. The van der Waals surface area contributed by atoms with E-state index in [0.717, 1.165) is 5.56 Å². The summed E-state index contributed by atoms with van der Waals surface area (Å²) in [6.45, 7) is 0.324. The van der Waals surface area contributed by atoms with Crippen molar-refractivity contribution in [2.45, 2.75) is 0 Å². The summed E-state index contributed by atoms with van der Waals surface area (Å²) >= 11 is 0. The molecule has 74 valence electrons. The molecule has 0 saturated carbocycles. The van der Waals surface area contributed by atoms with Crippen molar-refractivity contribution in [3.63, 3.8) is 0 Å². The first-order valence-electron chi connectivity index (χ1n) is 4.22. The van der Waals surface area contributed by atoms with Crippen LogP contribution in [0.15, 0.2) is 40.4 Å². The van der Waals surface area contributed by atoms with Gasteiger partial charge in [-0.25, -0.2) is 4.79 Å². The molecule has 0 atom stereocenters. The lowest BCUT2D eigenvalue weighted by molar-refractivity contribution is 0.565. The summed E-state index contributed by atoms with van der Waals surface area (Å²) in [7, 11) is 0. The fourth-order valence-electron chi connectivity index (χ4n) is 0.985. The van der Waals surface area contributed by atoms with E-state index in [1.165, 1.54) is 6.08 Å². The molecule has 0 saturated heterocycles. The lowest BCUT2D eigenvalue weighted by atomic mass is 10.2. The van der Waals surface area contributed by atoms with Crippen molar-refractivity contribution in [1.29, 1.82) is 0 Å². The van der Waals surface area contributed by atoms with Gasteiger partial charge in [0, 0.05) is 11.5 Å². The Labute approximate surface area is 86.4 Å². The van der Waals surface area contributed by atoms with Gasteiger partial charge in [0.2, 0.25) is 6.08 Å². The van der Waals surface area contributed by atoms with Gasteiger partial charge in [0.05, 0.1) is 5.69 Å². The smallest absolute Gasteiger partial charge is 0.211 e. The number of isocyanates is 1. The molecule has 1 aromatic rings. The van der Waals surface area contributed by atoms with E-state index in [4.69, 9.17) is 5.53 Å². The zero-order valence-corrected chi connectivity index (χ0v) is 7.87. The SMILES string of the molecule is [N-]=[N+]=NCC=Cc1ccc(N=C=O)cc1. The van der Waals surface area contributed by atoms with Gasteiger partial charge in [0.15, 0.2) is 0 Å². The second-order valence-corrected chi connectivity index (χ2v) is 2.61. The number of azide groups is 1. The Hall–Kier alpha value is -2.35. The Kier molecular flexibility index (Phi) is 4.40. The van der Waals surface area contributed by atoms with Crippen LogP contribution in [0.25, 0.3) is 16.5 Å². The molecule has 15 heavy (non-hydrogen) atoms. The number of nitrogens with zero attached hydrogens (tertiary/aromatic N) is 4. The fraction of sp³-hybridized carbons (Fsp3) is 0.100. The molecule has 0 spiro atoms. The monoisotopic (exact) mass is 200 g/mol. The van der Waals surface area contributed by atoms with Gasteiger partial charge in [0.25, 0.3) is 0 Å². The third-order valence-corrected chi connectivity index (χ3v) is 1.63. The van der Waals surface area contributed by atoms with Gasteiger partial charge < -0.3 is 0 Å². The second kappa shape index (κ2) is 6.16. The molecule has 0 aromatic heterocycles. The maximum atomic E-state index is 9.95. The van der Waals surface area contributed by atoms with E-state index in [-0.39, 0.29) is 0 Å². The average molecular weight is 200 g/mol. The predicted octanol–water partition coefficient (Wildman–Crippen LogP) is 2.98. The molecule has 1 rings (SSSR count). The third kappa shape index (κ3) is 3.91. The van der Waals surface area contributed by atoms with Gasteiger partial charge in [-0.15, -0.1) is 0 Å². The summed E-state index contributed by atoms with van der Waals surface area (Å²) in [6, 6.07) is 7.03. The second-order valence-electron chi connectivity index (χ2n) is 2.61. The number of benzene rings is 1. The van der Waals surface area contributed by atoms with E-state index < -0.39 is 0 Å². The van der Waals surface area contributed by atoms with Gasteiger partial charge in [-0.1, -0.05) is 29.4 Å². The quantitative estimate of drug-likeness (QED) is 0.242. The predicted molar refractivity (Wildman–Crippen MR) is 57.3 cm³/mol. The number of hydrogen-bond acceptors (Lipinski definition) is 3. The molecule has 0 unspecified atom stereocenters. The fourth-order valence-corrected chi connectivity index (χ4v) is 0.985. The van der Waals surface area contributed by atoms with Crippen LogP contribution in [0.2, 0.25) is 0 Å². The molecule has 0 radical (unpaired) electrons. The first-order valence-corrected chi connectivity index (χ1v) is 4.22. The molecular weight excluding hydrogens is 192 g/mol. The van der Waals surface area contributed by atoms with Crippen LogP contribution in [0.1, 0.15) is 5.56 Å². The Morgan fingerprint density at radius 1 is 1.40 bits per heavy atom. The van der Waals surface area contributed by atoms with Crippen LogP contribution >= 0.6 is 0 Å². The molecule has 0 aliphatic rings. The lowest BCUT2D eigenvalue weighted by Gasteiger charge is -1.92. The maximum Gasteiger partial charge on any atom is 0.240 e. The molecule has 5 heteroatoms. The minimum Gasteiger partial charge on any atom is -0.211 e. The molecule has 1 aromatic carbocycles. The maximum absolute atomic E-state index is 9.95. The highest BCUT2D eigenvalue weighted by molar-refractivity contribution is 5.55. The van der Waals surface area contributed by atoms with Crippen LogP contribution in [0.5, 0.6) is 0 Å². The largest absolute Gasteiger partial charge is 0.240 e. The van der Waals surface area contributed by atoms with Crippen molar-refractivity contribution >= 4 is 17.8 Å². The van der Waals surface area contributed by atoms with E-state index in [1.807, 2.05) is 18.2 Å². The van der Waals surface area contributed by atoms with Crippen molar-refractivity contribution in [2.24, 2.45) is 10.1 Å². The average Bonchev–Trinajstić information content (AvgIpc) is 2.27. The summed E-state index contributed by atoms with van der Waals surface area (Å²) in [4.78, 5) is 16.0. The molecule has 0 fully saturated rings. The van der Waals surface area contributed by atoms with Crippen LogP contribution in [0.3, 0.4) is 0 Å². The van der Waals surface area contributed by atoms with Crippen LogP contribution in [-0.2, 0) is 4.79 Å². The van der Waals surface area contributed by atoms with Crippen LogP contribution in [0, 0.1) is 0 Å². The Balaban J connectivity index is 2.67. The molecule has 5 nitrogen and oxygen atoms in total. The van der Waals surface area contributed by atoms with Gasteiger partial charge in [-0.2, -0.15) is 4.99 Å². The van der Waals surface area contributed by atoms with E-state index in [9.17, 15) is 4.79 Å². The van der Waals surface area contributed by atoms with E-state index in [1.54, 1.807) is 18.2 Å². The molecule has 0 amide bonds. The summed E-state index contributed by atoms with van der Waals surface area (Å²) in [5, 5.41) is 3.36. The van der Waals surface area contributed by atoms with Gasteiger partial charge in [-0.05, 0) is 23.2 Å². The highest BCUT2D eigenvalue weighted by atomic mass is 16.1. The topological polar surface area (TPSA) is 78.2 Å². The Bertz CT molecular complexity index is 437. The molecule has 0 N–H and O–H groups in total. The zero-order chi connectivity index (χ0) is 10.9. The molecular formula is C10H8N4O. The molecule has 0 bridgehead atoms. The number of rotatable bonds is 4. The third-order valence-electron chi connectivity index (χ3n) is 1.63. The normalized spacial score (nSPS) is 9.33. The van der Waals surface area contributed by atoms with Gasteiger partial charge in [0.1, 0.15) is 0 Å². The van der Waals surface area contributed by atoms with Crippen molar-refractivity contribution < 1.29 is 4.79 Å². The summed E-state index contributed by atoms with van der Waals surface area (Å²) in [6.07, 6.45) is 5.04. The van der Waals surface area contributed by atoms with Crippen molar-refractivity contribution in [3.05, 3.63) is 46.3 Å². The van der Waals surface area contributed by atoms with Crippen molar-refractivity contribution in [1.82, 2.24) is 0 Å². The number of hydrogen-bond donors (Lipinski definition) is 0.